The first-order valence-corrected chi connectivity index (χ1v) is 5.01. The molecule has 7 nitrogen and oxygen atoms in total. The van der Waals surface area contributed by atoms with Crippen LogP contribution in [-0.2, 0) is 9.59 Å². The minimum absolute atomic E-state index is 0.206. The highest BCUT2D eigenvalue weighted by Gasteiger charge is 2.35. The van der Waals surface area contributed by atoms with Gasteiger partial charge in [0.15, 0.2) is 0 Å². The fourth-order valence-corrected chi connectivity index (χ4v) is 1.43. The van der Waals surface area contributed by atoms with E-state index in [9.17, 15) is 9.59 Å². The highest BCUT2D eigenvalue weighted by molar-refractivity contribution is 5.91. The maximum absolute atomic E-state index is 11.6. The zero-order valence-electron chi connectivity index (χ0n) is 8.77. The van der Waals surface area contributed by atoms with Gasteiger partial charge < -0.3 is 26.0 Å². The van der Waals surface area contributed by atoms with E-state index in [1.54, 1.807) is 0 Å². The van der Waals surface area contributed by atoms with Crippen molar-refractivity contribution in [3.8, 4) is 0 Å². The lowest BCUT2D eigenvalue weighted by Crippen LogP contribution is -2.60. The van der Waals surface area contributed by atoms with Crippen molar-refractivity contribution < 1.29 is 24.9 Å². The van der Waals surface area contributed by atoms with Crippen molar-refractivity contribution in [2.45, 2.75) is 24.4 Å². The average molecular weight is 232 g/mol. The van der Waals surface area contributed by atoms with E-state index < -0.39 is 37.3 Å². The lowest BCUT2D eigenvalue weighted by Gasteiger charge is -2.29. The molecular weight excluding hydrogens is 216 g/mol. The van der Waals surface area contributed by atoms with Crippen LogP contribution in [0.2, 0.25) is 0 Å². The quantitative estimate of drug-likeness (QED) is 0.348. The number of aliphatic hydroxyl groups is 3. The fraction of sp³-hybridized carbons (Fsp3) is 0.778. The highest BCUT2D eigenvalue weighted by Crippen LogP contribution is 2.09. The Balaban J connectivity index is 2.58. The largest absolute Gasteiger partial charge is 0.394 e. The molecule has 1 saturated heterocycles. The minimum atomic E-state index is -1.44. The molecule has 92 valence electrons. The smallest absolute Gasteiger partial charge is 0.243 e. The van der Waals surface area contributed by atoms with Crippen molar-refractivity contribution in [2.75, 3.05) is 19.8 Å². The topological polar surface area (TPSA) is 119 Å². The van der Waals surface area contributed by atoms with Gasteiger partial charge in [-0.1, -0.05) is 0 Å². The van der Waals surface area contributed by atoms with Crippen LogP contribution in [0.1, 0.15) is 12.8 Å². The molecule has 1 heterocycles. The zero-order chi connectivity index (χ0) is 12.2. The number of amides is 2. The van der Waals surface area contributed by atoms with Crippen LogP contribution in [0.4, 0.5) is 0 Å². The third-order valence-electron chi connectivity index (χ3n) is 2.61. The number of carbonyl (C=O) groups excluding carboxylic acids is 2. The fourth-order valence-electron chi connectivity index (χ4n) is 1.43. The molecule has 0 aromatic rings. The van der Waals surface area contributed by atoms with Crippen LogP contribution >= 0.6 is 0 Å². The summed E-state index contributed by atoms with van der Waals surface area (Å²) in [5, 5.41) is 31.8. The normalized spacial score (nSPS) is 20.7. The molecule has 0 spiro atoms. The van der Waals surface area contributed by atoms with E-state index in [0.717, 1.165) is 0 Å². The first-order chi connectivity index (χ1) is 7.56. The summed E-state index contributed by atoms with van der Waals surface area (Å²) in [7, 11) is 0. The maximum atomic E-state index is 11.6. The third-order valence-corrected chi connectivity index (χ3v) is 2.61. The Morgan fingerprint density at radius 3 is 2.31 bits per heavy atom. The molecule has 0 aromatic heterocycles. The number of hydrogen-bond acceptors (Lipinski definition) is 5. The van der Waals surface area contributed by atoms with Crippen molar-refractivity contribution in [2.24, 2.45) is 0 Å². The van der Waals surface area contributed by atoms with Crippen LogP contribution in [0, 0.1) is 0 Å². The Hall–Kier alpha value is -1.18. The van der Waals surface area contributed by atoms with Crippen LogP contribution < -0.4 is 10.6 Å². The van der Waals surface area contributed by atoms with Gasteiger partial charge in [-0.15, -0.1) is 0 Å². The molecule has 2 amide bonds. The lowest BCUT2D eigenvalue weighted by molar-refractivity contribution is -0.129. The Bertz CT molecular complexity index is 269. The average Bonchev–Trinajstić information content (AvgIpc) is 2.73. The van der Waals surface area contributed by atoms with Gasteiger partial charge in [0.1, 0.15) is 11.6 Å². The molecule has 1 aliphatic rings. The number of nitrogens with one attached hydrogen (secondary N) is 2. The van der Waals surface area contributed by atoms with Gasteiger partial charge in [0.2, 0.25) is 11.8 Å². The first kappa shape index (κ1) is 12.9. The third kappa shape index (κ3) is 2.69. The van der Waals surface area contributed by atoms with E-state index in [1.165, 1.54) is 0 Å². The summed E-state index contributed by atoms with van der Waals surface area (Å²) in [4.78, 5) is 22.5. The van der Waals surface area contributed by atoms with Crippen LogP contribution in [0.15, 0.2) is 0 Å². The van der Waals surface area contributed by atoms with Gasteiger partial charge in [-0.3, -0.25) is 9.59 Å². The van der Waals surface area contributed by atoms with Gasteiger partial charge in [0.05, 0.1) is 19.8 Å². The number of carbonyl (C=O) groups is 2. The Kier molecular flexibility index (Phi) is 4.22. The SMILES string of the molecule is O=C1CC[C@H](C(=O)NC(CO)(CO)CO)N1. The van der Waals surface area contributed by atoms with E-state index in [0.29, 0.717) is 6.42 Å². The van der Waals surface area contributed by atoms with E-state index >= 15 is 0 Å². The summed E-state index contributed by atoms with van der Waals surface area (Å²) < 4.78 is 0. The van der Waals surface area contributed by atoms with Crippen LogP contribution in [0.5, 0.6) is 0 Å². The predicted molar refractivity (Wildman–Crippen MR) is 53.3 cm³/mol. The highest BCUT2D eigenvalue weighted by atomic mass is 16.3. The molecule has 0 aromatic carbocycles. The summed E-state index contributed by atoms with van der Waals surface area (Å²) >= 11 is 0. The molecular formula is C9H16N2O5. The van der Waals surface area contributed by atoms with E-state index in [4.69, 9.17) is 15.3 Å². The molecule has 0 saturated carbocycles. The van der Waals surface area contributed by atoms with Gasteiger partial charge in [0.25, 0.3) is 0 Å². The molecule has 5 N–H and O–H groups in total. The second-order valence-corrected chi connectivity index (χ2v) is 3.90. The summed E-state index contributed by atoms with van der Waals surface area (Å²) in [5.74, 6) is -0.717. The minimum Gasteiger partial charge on any atom is -0.394 e. The molecule has 0 bridgehead atoms. The summed E-state index contributed by atoms with van der Waals surface area (Å²) in [6.07, 6.45) is 0.658. The van der Waals surface area contributed by atoms with Gasteiger partial charge in [0, 0.05) is 6.42 Å². The van der Waals surface area contributed by atoms with Gasteiger partial charge in [-0.05, 0) is 6.42 Å². The van der Waals surface area contributed by atoms with Crippen LogP contribution in [0.3, 0.4) is 0 Å². The van der Waals surface area contributed by atoms with Crippen molar-refractivity contribution in [3.05, 3.63) is 0 Å². The van der Waals surface area contributed by atoms with Crippen molar-refractivity contribution in [1.29, 1.82) is 0 Å². The number of hydrogen-bond donors (Lipinski definition) is 5. The zero-order valence-corrected chi connectivity index (χ0v) is 8.77. The monoisotopic (exact) mass is 232 g/mol. The van der Waals surface area contributed by atoms with Gasteiger partial charge in [-0.25, -0.2) is 0 Å². The molecule has 0 aliphatic carbocycles. The predicted octanol–water partition coefficient (Wildman–Crippen LogP) is -2.90. The van der Waals surface area contributed by atoms with E-state index in [1.807, 2.05) is 0 Å². The number of rotatable bonds is 5. The Morgan fingerprint density at radius 2 is 1.94 bits per heavy atom. The van der Waals surface area contributed by atoms with Gasteiger partial charge >= 0.3 is 0 Å². The van der Waals surface area contributed by atoms with Crippen molar-refractivity contribution in [3.63, 3.8) is 0 Å². The molecule has 7 heteroatoms. The van der Waals surface area contributed by atoms with Crippen molar-refractivity contribution >= 4 is 11.8 Å². The molecule has 16 heavy (non-hydrogen) atoms. The summed E-state index contributed by atoms with van der Waals surface area (Å²) in [6.45, 7) is -1.73. The van der Waals surface area contributed by atoms with Crippen molar-refractivity contribution in [1.82, 2.24) is 10.6 Å². The molecule has 1 atom stereocenters. The Labute approximate surface area is 92.5 Å². The molecule has 1 aliphatic heterocycles. The summed E-state index contributed by atoms with van der Waals surface area (Å²) in [6, 6.07) is -0.656. The summed E-state index contributed by atoms with van der Waals surface area (Å²) in [5.41, 5.74) is -1.44. The standard InChI is InChI=1S/C9H16N2O5/c12-3-9(4-13,5-14)11-8(16)6-1-2-7(15)10-6/h6,12-14H,1-5H2,(H,10,15)(H,11,16)/t6-/m1/s1. The molecule has 0 radical (unpaired) electrons. The van der Waals surface area contributed by atoms with Crippen LogP contribution in [0.25, 0.3) is 0 Å². The molecule has 1 fully saturated rings. The molecule has 0 unspecified atom stereocenters. The maximum Gasteiger partial charge on any atom is 0.243 e. The second kappa shape index (κ2) is 5.24. The van der Waals surface area contributed by atoms with Crippen LogP contribution in [-0.4, -0.2) is 58.5 Å². The molecule has 1 rings (SSSR count). The Morgan fingerprint density at radius 1 is 1.38 bits per heavy atom. The number of aliphatic hydroxyl groups excluding tert-OH is 3. The van der Waals surface area contributed by atoms with Gasteiger partial charge in [-0.2, -0.15) is 0 Å². The lowest BCUT2D eigenvalue weighted by atomic mass is 10.0. The van der Waals surface area contributed by atoms with E-state index in [2.05, 4.69) is 10.6 Å². The first-order valence-electron chi connectivity index (χ1n) is 5.01. The second-order valence-electron chi connectivity index (χ2n) is 3.90. The van der Waals surface area contributed by atoms with E-state index in [-0.39, 0.29) is 12.3 Å².